The van der Waals surface area contributed by atoms with Gasteiger partial charge in [-0.05, 0) is 90.2 Å². The van der Waals surface area contributed by atoms with E-state index in [1.54, 1.807) is 0 Å². The number of rotatable bonds is 9. The first-order valence-electron chi connectivity index (χ1n) is 20.6. The van der Waals surface area contributed by atoms with Gasteiger partial charge in [0.05, 0.1) is 5.69 Å². The molecule has 1 aliphatic carbocycles. The molecule has 0 heterocycles. The summed E-state index contributed by atoms with van der Waals surface area (Å²) in [5.41, 5.74) is 14.9. The van der Waals surface area contributed by atoms with Crippen LogP contribution in [0.25, 0.3) is 39.1 Å². The van der Waals surface area contributed by atoms with Crippen LogP contribution in [0.4, 0.5) is 17.1 Å². The van der Waals surface area contributed by atoms with Gasteiger partial charge in [0.15, 0.2) is 8.07 Å². The molecule has 0 saturated carbocycles. The Morgan fingerprint density at radius 3 is 1.58 bits per heavy atom. The molecule has 0 aliphatic heterocycles. The third kappa shape index (κ3) is 6.43. The summed E-state index contributed by atoms with van der Waals surface area (Å²) in [6.07, 6.45) is 2.34. The van der Waals surface area contributed by atoms with Crippen molar-refractivity contribution in [3.05, 3.63) is 247 Å². The summed E-state index contributed by atoms with van der Waals surface area (Å²) in [4.78, 5) is 2.43. The normalized spacial score (nSPS) is 13.0. The van der Waals surface area contributed by atoms with Crippen molar-refractivity contribution in [2.45, 2.75) is 19.3 Å². The summed E-state index contributed by atoms with van der Waals surface area (Å²) in [7, 11) is -2.49. The van der Waals surface area contributed by atoms with Crippen LogP contribution in [0.3, 0.4) is 0 Å². The number of nitrogens with zero attached hydrogens (tertiary/aromatic N) is 1. The minimum Gasteiger partial charge on any atom is -0.310 e. The molecule has 0 radical (unpaired) electrons. The van der Waals surface area contributed by atoms with Crippen LogP contribution in [0.15, 0.2) is 230 Å². The molecule has 0 amide bonds. The lowest BCUT2D eigenvalue weighted by molar-refractivity contribution is 0.660. The second-order valence-corrected chi connectivity index (χ2v) is 19.8. The van der Waals surface area contributed by atoms with Crippen molar-refractivity contribution in [1.29, 1.82) is 0 Å². The first-order chi connectivity index (χ1) is 29.0. The van der Waals surface area contributed by atoms with Gasteiger partial charge in [0, 0.05) is 22.2 Å². The molecule has 10 rings (SSSR count). The maximum atomic E-state index is 2.51. The Hall–Kier alpha value is -7.00. The van der Waals surface area contributed by atoms with E-state index >= 15 is 0 Å². The maximum Gasteiger partial charge on any atom is 0.172 e. The van der Waals surface area contributed by atoms with Crippen LogP contribution in [-0.4, -0.2) is 8.07 Å². The standard InChI is InChI=1S/C57H45NSi/c1-57(2)54-27-15-14-26-52(54)53-38-37-47(41-55(53)57)58(56-28-16-18-45-17-12-13-25-51(45)56)46-35-33-44(34-36-46)43-31-29-42(30-32-43)39-40-59(48-19-6-3-7-20-48,49-21-8-4-9-22-49)50-23-10-5-11-24-50/h3-41H,1-2H3/b40-39+. The molecule has 59 heavy (non-hydrogen) atoms. The zero-order valence-corrected chi connectivity index (χ0v) is 34.5. The van der Waals surface area contributed by atoms with Crippen molar-refractivity contribution in [2.24, 2.45) is 0 Å². The molecule has 0 N–H and O–H groups in total. The quantitative estimate of drug-likeness (QED) is 0.104. The molecule has 0 spiro atoms. The average Bonchev–Trinajstić information content (AvgIpc) is 3.53. The lowest BCUT2D eigenvalue weighted by Crippen LogP contribution is -2.66. The summed E-state index contributed by atoms with van der Waals surface area (Å²) in [6, 6.07) is 82.5. The van der Waals surface area contributed by atoms with E-state index < -0.39 is 8.07 Å². The van der Waals surface area contributed by atoms with Gasteiger partial charge in [-0.1, -0.05) is 220 Å². The Morgan fingerprint density at radius 1 is 0.424 bits per heavy atom. The minimum atomic E-state index is -2.49. The highest BCUT2D eigenvalue weighted by Crippen LogP contribution is 2.51. The first kappa shape index (κ1) is 36.3. The highest BCUT2D eigenvalue weighted by atomic mass is 28.3. The highest BCUT2D eigenvalue weighted by molar-refractivity contribution is 7.15. The van der Waals surface area contributed by atoms with E-state index in [1.165, 1.54) is 71.0 Å². The largest absolute Gasteiger partial charge is 0.310 e. The summed E-state index contributed by atoms with van der Waals surface area (Å²) in [5, 5.41) is 6.57. The van der Waals surface area contributed by atoms with E-state index in [9.17, 15) is 0 Å². The molecule has 282 valence electrons. The van der Waals surface area contributed by atoms with E-state index in [1.807, 2.05) is 0 Å². The lowest BCUT2D eigenvalue weighted by Gasteiger charge is -2.30. The van der Waals surface area contributed by atoms with E-state index in [-0.39, 0.29) is 5.41 Å². The summed E-state index contributed by atoms with van der Waals surface area (Å²) in [6.45, 7) is 4.71. The van der Waals surface area contributed by atoms with Crippen molar-refractivity contribution in [1.82, 2.24) is 0 Å². The minimum absolute atomic E-state index is 0.0914. The van der Waals surface area contributed by atoms with Crippen molar-refractivity contribution < 1.29 is 0 Å². The summed E-state index contributed by atoms with van der Waals surface area (Å²) in [5.74, 6) is 0. The Balaban J connectivity index is 1.01. The fourth-order valence-electron chi connectivity index (χ4n) is 9.36. The fourth-order valence-corrected chi connectivity index (χ4v) is 13.5. The predicted octanol–water partition coefficient (Wildman–Crippen LogP) is 13.0. The second-order valence-electron chi connectivity index (χ2n) is 16.1. The van der Waals surface area contributed by atoms with Crippen LogP contribution in [0.1, 0.15) is 30.5 Å². The van der Waals surface area contributed by atoms with E-state index in [2.05, 4.69) is 255 Å². The molecular weight excluding hydrogens is 727 g/mol. The van der Waals surface area contributed by atoms with Gasteiger partial charge in [0.2, 0.25) is 0 Å². The summed E-state index contributed by atoms with van der Waals surface area (Å²) >= 11 is 0. The van der Waals surface area contributed by atoms with Crippen LogP contribution in [0.5, 0.6) is 0 Å². The molecule has 9 aromatic carbocycles. The molecule has 9 aromatic rings. The number of fused-ring (bicyclic) bond motifs is 4. The van der Waals surface area contributed by atoms with E-state index in [4.69, 9.17) is 0 Å². The van der Waals surface area contributed by atoms with Gasteiger partial charge in [-0.2, -0.15) is 0 Å². The number of hydrogen-bond donors (Lipinski definition) is 0. The van der Waals surface area contributed by atoms with Crippen molar-refractivity contribution >= 4 is 57.5 Å². The molecule has 0 bridgehead atoms. The smallest absolute Gasteiger partial charge is 0.172 e. The second kappa shape index (κ2) is 15.1. The third-order valence-corrected chi connectivity index (χ3v) is 16.8. The van der Waals surface area contributed by atoms with E-state index in [0.29, 0.717) is 0 Å². The van der Waals surface area contributed by atoms with Crippen LogP contribution in [0, 0.1) is 0 Å². The zero-order valence-electron chi connectivity index (χ0n) is 33.5. The Labute approximate surface area is 349 Å². The van der Waals surface area contributed by atoms with Gasteiger partial charge < -0.3 is 4.90 Å². The predicted molar refractivity (Wildman–Crippen MR) is 255 cm³/mol. The van der Waals surface area contributed by atoms with Gasteiger partial charge in [-0.25, -0.2) is 0 Å². The molecule has 0 fully saturated rings. The molecule has 1 aliphatic rings. The molecule has 0 atom stereocenters. The van der Waals surface area contributed by atoms with Crippen molar-refractivity contribution in [3.8, 4) is 22.3 Å². The van der Waals surface area contributed by atoms with Gasteiger partial charge in [-0.3, -0.25) is 0 Å². The van der Waals surface area contributed by atoms with Crippen LogP contribution >= 0.6 is 0 Å². The first-order valence-corrected chi connectivity index (χ1v) is 22.7. The van der Waals surface area contributed by atoms with Gasteiger partial charge in [0.1, 0.15) is 0 Å². The topological polar surface area (TPSA) is 3.24 Å². The number of hydrogen-bond acceptors (Lipinski definition) is 1. The van der Waals surface area contributed by atoms with Crippen LogP contribution in [0.2, 0.25) is 0 Å². The van der Waals surface area contributed by atoms with Gasteiger partial charge in [0.25, 0.3) is 0 Å². The molecular formula is C57H45NSi. The molecule has 1 nitrogen and oxygen atoms in total. The van der Waals surface area contributed by atoms with Crippen molar-refractivity contribution in [2.75, 3.05) is 4.90 Å². The molecule has 0 saturated heterocycles. The van der Waals surface area contributed by atoms with Gasteiger partial charge in [-0.15, -0.1) is 0 Å². The Morgan fingerprint density at radius 2 is 0.932 bits per heavy atom. The van der Waals surface area contributed by atoms with E-state index in [0.717, 1.165) is 11.4 Å². The monoisotopic (exact) mass is 771 g/mol. The third-order valence-electron chi connectivity index (χ3n) is 12.4. The number of anilines is 3. The molecule has 0 unspecified atom stereocenters. The zero-order chi connectivity index (χ0) is 39.8. The summed E-state index contributed by atoms with van der Waals surface area (Å²) < 4.78 is 0. The SMILES string of the molecule is CC1(C)c2ccccc2-c2ccc(N(c3ccc(-c4ccc(/C=C/[Si](c5ccccc5)(c5ccccc5)c5ccccc5)cc4)cc3)c3cccc4ccccc34)cc21. The Kier molecular flexibility index (Phi) is 9.28. The molecule has 0 aromatic heterocycles. The average molecular weight is 772 g/mol. The van der Waals surface area contributed by atoms with Crippen molar-refractivity contribution in [3.63, 3.8) is 0 Å². The molecule has 2 heteroatoms. The maximum absolute atomic E-state index is 2.51. The Bertz CT molecular complexity index is 2830. The van der Waals surface area contributed by atoms with Crippen LogP contribution in [-0.2, 0) is 5.41 Å². The van der Waals surface area contributed by atoms with Gasteiger partial charge >= 0.3 is 0 Å². The lowest BCUT2D eigenvalue weighted by atomic mass is 9.82. The fraction of sp³-hybridized carbons (Fsp3) is 0.0526. The highest BCUT2D eigenvalue weighted by Gasteiger charge is 2.37. The van der Waals surface area contributed by atoms with Crippen LogP contribution < -0.4 is 20.5 Å². The number of benzene rings is 9.